The Balaban J connectivity index is 1.52. The van der Waals surface area contributed by atoms with E-state index in [0.29, 0.717) is 35.9 Å². The van der Waals surface area contributed by atoms with Crippen molar-refractivity contribution in [1.29, 1.82) is 0 Å². The number of ether oxygens (including phenoxy) is 3. The maximum absolute atomic E-state index is 13.5. The molecule has 1 aliphatic heterocycles. The zero-order chi connectivity index (χ0) is 23.9. The second kappa shape index (κ2) is 10.9. The molecule has 2 amide bonds. The van der Waals surface area contributed by atoms with Crippen molar-refractivity contribution in [3.05, 3.63) is 88.6 Å². The van der Waals surface area contributed by atoms with Gasteiger partial charge in [-0.05, 0) is 53.4 Å². The molecule has 4 rings (SSSR count). The summed E-state index contributed by atoms with van der Waals surface area (Å²) in [7, 11) is 1.57. The standard InChI is InChI=1S/C26H26N2O5S/c1-3-12-27(26(30)20-7-9-21(31-2)10-8-20)17-25(29)28(16-22-5-4-13-34-22)15-19-6-11-23-24(14-19)33-18-32-23/h3-11,13-14H,1,12,15-18H2,2H3. The summed E-state index contributed by atoms with van der Waals surface area (Å²) in [5.74, 6) is 1.63. The van der Waals surface area contributed by atoms with Gasteiger partial charge < -0.3 is 24.0 Å². The van der Waals surface area contributed by atoms with Crippen LogP contribution in [0.2, 0.25) is 0 Å². The normalized spacial score (nSPS) is 11.7. The highest BCUT2D eigenvalue weighted by Crippen LogP contribution is 2.33. The van der Waals surface area contributed by atoms with Crippen molar-refractivity contribution in [1.82, 2.24) is 9.80 Å². The maximum atomic E-state index is 13.5. The van der Waals surface area contributed by atoms with E-state index in [2.05, 4.69) is 6.58 Å². The molecule has 34 heavy (non-hydrogen) atoms. The van der Waals surface area contributed by atoms with Crippen LogP contribution in [0.3, 0.4) is 0 Å². The fourth-order valence-electron chi connectivity index (χ4n) is 3.64. The third-order valence-electron chi connectivity index (χ3n) is 5.39. The van der Waals surface area contributed by atoms with Gasteiger partial charge in [0.25, 0.3) is 5.91 Å². The van der Waals surface area contributed by atoms with Crippen molar-refractivity contribution in [2.45, 2.75) is 13.1 Å². The van der Waals surface area contributed by atoms with Crippen LogP contribution in [-0.4, -0.2) is 48.6 Å². The minimum Gasteiger partial charge on any atom is -0.497 e. The number of nitrogens with zero attached hydrogens (tertiary/aromatic N) is 2. The Morgan fingerprint density at radius 2 is 1.85 bits per heavy atom. The van der Waals surface area contributed by atoms with E-state index in [1.165, 1.54) is 4.90 Å². The highest BCUT2D eigenvalue weighted by molar-refractivity contribution is 7.09. The van der Waals surface area contributed by atoms with Gasteiger partial charge >= 0.3 is 0 Å². The molecule has 0 N–H and O–H groups in total. The lowest BCUT2D eigenvalue weighted by Crippen LogP contribution is -2.42. The number of methoxy groups -OCH3 is 1. The first kappa shape index (κ1) is 23.4. The summed E-state index contributed by atoms with van der Waals surface area (Å²) in [5.41, 5.74) is 1.40. The predicted molar refractivity (Wildman–Crippen MR) is 130 cm³/mol. The van der Waals surface area contributed by atoms with Gasteiger partial charge in [0.05, 0.1) is 13.7 Å². The molecule has 0 bridgehead atoms. The molecular weight excluding hydrogens is 452 g/mol. The van der Waals surface area contributed by atoms with Crippen LogP contribution in [0.15, 0.2) is 72.6 Å². The molecular formula is C26H26N2O5S. The molecule has 176 valence electrons. The molecule has 0 radical (unpaired) electrons. The lowest BCUT2D eigenvalue weighted by atomic mass is 10.1. The Kier molecular flexibility index (Phi) is 7.49. The number of hydrogen-bond acceptors (Lipinski definition) is 6. The van der Waals surface area contributed by atoms with Crippen LogP contribution in [-0.2, 0) is 17.9 Å². The monoisotopic (exact) mass is 478 g/mol. The fourth-order valence-corrected chi connectivity index (χ4v) is 4.36. The average Bonchev–Trinajstić information content (AvgIpc) is 3.54. The minimum atomic E-state index is -0.241. The molecule has 0 unspecified atom stereocenters. The smallest absolute Gasteiger partial charge is 0.254 e. The average molecular weight is 479 g/mol. The van der Waals surface area contributed by atoms with Gasteiger partial charge in [-0.25, -0.2) is 0 Å². The quantitative estimate of drug-likeness (QED) is 0.406. The van der Waals surface area contributed by atoms with Gasteiger partial charge in [-0.2, -0.15) is 0 Å². The molecule has 0 saturated heterocycles. The number of rotatable bonds is 10. The third kappa shape index (κ3) is 5.58. The second-order valence-electron chi connectivity index (χ2n) is 7.72. The number of thiophene rings is 1. The van der Waals surface area contributed by atoms with Crippen molar-refractivity contribution in [2.75, 3.05) is 27.0 Å². The van der Waals surface area contributed by atoms with Crippen LogP contribution in [0.1, 0.15) is 20.8 Å². The van der Waals surface area contributed by atoms with Crippen molar-refractivity contribution in [3.63, 3.8) is 0 Å². The molecule has 2 heterocycles. The number of benzene rings is 2. The van der Waals surface area contributed by atoms with E-state index in [-0.39, 0.29) is 31.7 Å². The van der Waals surface area contributed by atoms with Gasteiger partial charge in [-0.15, -0.1) is 17.9 Å². The summed E-state index contributed by atoms with van der Waals surface area (Å²) in [6, 6.07) is 16.5. The third-order valence-corrected chi connectivity index (χ3v) is 6.25. The molecule has 3 aromatic rings. The van der Waals surface area contributed by atoms with Gasteiger partial charge in [-0.1, -0.05) is 18.2 Å². The summed E-state index contributed by atoms with van der Waals surface area (Å²) in [5, 5.41) is 1.98. The molecule has 0 aliphatic carbocycles. The molecule has 0 atom stereocenters. The van der Waals surface area contributed by atoms with Crippen molar-refractivity contribution in [2.24, 2.45) is 0 Å². The SMILES string of the molecule is C=CCN(CC(=O)N(Cc1ccc2c(c1)OCO2)Cc1cccs1)C(=O)c1ccc(OC)cc1. The Morgan fingerprint density at radius 1 is 1.06 bits per heavy atom. The van der Waals surface area contributed by atoms with E-state index >= 15 is 0 Å². The Hall–Kier alpha value is -3.78. The van der Waals surface area contributed by atoms with Crippen LogP contribution in [0.5, 0.6) is 17.2 Å². The Morgan fingerprint density at radius 3 is 2.56 bits per heavy atom. The maximum Gasteiger partial charge on any atom is 0.254 e. The van der Waals surface area contributed by atoms with Crippen molar-refractivity contribution < 1.29 is 23.8 Å². The fraction of sp³-hybridized carbons (Fsp3) is 0.231. The molecule has 0 fully saturated rings. The molecule has 0 saturated carbocycles. The molecule has 7 nitrogen and oxygen atoms in total. The molecule has 1 aromatic heterocycles. The first-order valence-corrected chi connectivity index (χ1v) is 11.7. The topological polar surface area (TPSA) is 68.3 Å². The largest absolute Gasteiger partial charge is 0.497 e. The Bertz CT molecular complexity index is 1140. The molecule has 2 aromatic carbocycles. The number of fused-ring (bicyclic) bond motifs is 1. The number of amides is 2. The van der Waals surface area contributed by atoms with Crippen LogP contribution < -0.4 is 14.2 Å². The van der Waals surface area contributed by atoms with Gasteiger partial charge in [0.2, 0.25) is 12.7 Å². The van der Waals surface area contributed by atoms with Crippen LogP contribution in [0, 0.1) is 0 Å². The highest BCUT2D eigenvalue weighted by Gasteiger charge is 2.23. The van der Waals surface area contributed by atoms with Crippen LogP contribution >= 0.6 is 11.3 Å². The van der Waals surface area contributed by atoms with Gasteiger partial charge in [0, 0.05) is 23.5 Å². The Labute approximate surface area is 202 Å². The molecule has 1 aliphatic rings. The minimum absolute atomic E-state index is 0.0627. The van der Waals surface area contributed by atoms with E-state index in [1.807, 2.05) is 35.7 Å². The lowest BCUT2D eigenvalue weighted by molar-refractivity contribution is -0.133. The lowest BCUT2D eigenvalue weighted by Gasteiger charge is -2.27. The van der Waals surface area contributed by atoms with Gasteiger partial charge in [0.1, 0.15) is 12.3 Å². The van der Waals surface area contributed by atoms with Crippen LogP contribution in [0.25, 0.3) is 0 Å². The first-order valence-electron chi connectivity index (χ1n) is 10.8. The van der Waals surface area contributed by atoms with Crippen molar-refractivity contribution in [3.8, 4) is 17.2 Å². The zero-order valence-electron chi connectivity index (χ0n) is 18.9. The summed E-state index contributed by atoms with van der Waals surface area (Å²) in [4.78, 5) is 30.9. The summed E-state index contributed by atoms with van der Waals surface area (Å²) in [6.45, 7) is 4.97. The molecule has 0 spiro atoms. The van der Waals surface area contributed by atoms with Crippen LogP contribution in [0.4, 0.5) is 0 Å². The number of carbonyl (C=O) groups is 2. The van der Waals surface area contributed by atoms with E-state index in [9.17, 15) is 9.59 Å². The summed E-state index contributed by atoms with van der Waals surface area (Å²) in [6.07, 6.45) is 1.62. The predicted octanol–water partition coefficient (Wildman–Crippen LogP) is 4.34. The number of carbonyl (C=O) groups excluding carboxylic acids is 2. The highest BCUT2D eigenvalue weighted by atomic mass is 32.1. The second-order valence-corrected chi connectivity index (χ2v) is 8.75. The van der Waals surface area contributed by atoms with Gasteiger partial charge in [0.15, 0.2) is 11.5 Å². The van der Waals surface area contributed by atoms with Gasteiger partial charge in [-0.3, -0.25) is 9.59 Å². The first-order chi connectivity index (χ1) is 16.6. The summed E-state index contributed by atoms with van der Waals surface area (Å²) < 4.78 is 16.0. The zero-order valence-corrected chi connectivity index (χ0v) is 19.8. The van der Waals surface area contributed by atoms with Crippen molar-refractivity contribution >= 4 is 23.2 Å². The number of hydrogen-bond donors (Lipinski definition) is 0. The van der Waals surface area contributed by atoms with E-state index in [4.69, 9.17) is 14.2 Å². The summed E-state index contributed by atoms with van der Waals surface area (Å²) >= 11 is 1.59. The van der Waals surface area contributed by atoms with E-state index in [0.717, 1.165) is 10.4 Å². The molecule has 8 heteroatoms. The van der Waals surface area contributed by atoms with E-state index < -0.39 is 0 Å². The van der Waals surface area contributed by atoms with E-state index in [1.54, 1.807) is 53.7 Å².